The van der Waals surface area contributed by atoms with Crippen LogP contribution in [0.15, 0.2) is 107 Å². The van der Waals surface area contributed by atoms with Gasteiger partial charge in [-0.25, -0.2) is 13.4 Å². The fraction of sp³-hybridized carbons (Fsp3) is 0.333. The number of pyridine rings is 1. The maximum absolute atomic E-state index is 14.4. The van der Waals surface area contributed by atoms with E-state index >= 15 is 0 Å². The number of piperidine rings is 1. The number of nitrogens with two attached hydrogens (primary N) is 1. The van der Waals surface area contributed by atoms with Crippen molar-refractivity contribution in [2.45, 2.75) is 54.6 Å². The van der Waals surface area contributed by atoms with E-state index in [4.69, 9.17) is 10.7 Å². The normalized spacial score (nSPS) is 22.5. The number of nitrogens with zero attached hydrogens (tertiary/aromatic N) is 6. The topological polar surface area (TPSA) is 136 Å². The Kier molecular flexibility index (Phi) is 8.09. The average molecular weight is 819 g/mol. The molecule has 3 aromatic heterocycles. The molecule has 2 bridgehead atoms. The largest absolute Gasteiger partial charge is 0.338 e. The molecule has 6 aromatic rings. The zero-order valence-electron chi connectivity index (χ0n) is 30.1. The zero-order valence-corrected chi connectivity index (χ0v) is 32.5. The second kappa shape index (κ2) is 12.9. The van der Waals surface area contributed by atoms with Crippen LogP contribution < -0.4 is 5.73 Å². The summed E-state index contributed by atoms with van der Waals surface area (Å²) >= 11 is 3.39. The van der Waals surface area contributed by atoms with E-state index in [9.17, 15) is 18.0 Å². The number of sulfone groups is 1. The number of fused-ring (bicyclic) bond motifs is 4. The summed E-state index contributed by atoms with van der Waals surface area (Å²) in [5, 5.41) is 1.15. The van der Waals surface area contributed by atoms with E-state index in [0.717, 1.165) is 33.4 Å². The third kappa shape index (κ3) is 5.56. The summed E-state index contributed by atoms with van der Waals surface area (Å²) in [6.07, 6.45) is 6.88. The van der Waals surface area contributed by atoms with Gasteiger partial charge in [0.25, 0.3) is 11.8 Å². The van der Waals surface area contributed by atoms with Crippen molar-refractivity contribution in [2.24, 2.45) is 23.5 Å². The highest BCUT2D eigenvalue weighted by Crippen LogP contribution is 2.50. The number of imidazole rings is 1. The van der Waals surface area contributed by atoms with E-state index in [1.165, 1.54) is 18.4 Å². The first-order valence-electron chi connectivity index (χ1n) is 19.0. The van der Waals surface area contributed by atoms with Gasteiger partial charge < -0.3 is 24.7 Å². The maximum Gasteiger partial charge on any atom is 0.254 e. The van der Waals surface area contributed by atoms with Crippen molar-refractivity contribution in [3.05, 3.63) is 113 Å². The van der Waals surface area contributed by atoms with Crippen LogP contribution in [-0.4, -0.2) is 79.7 Å². The molecule has 2 amide bonds. The van der Waals surface area contributed by atoms with Crippen LogP contribution in [0.5, 0.6) is 0 Å². The number of carbonyl (C=O) groups is 2. The number of benzene rings is 3. The highest BCUT2D eigenvalue weighted by Gasteiger charge is 2.64. The van der Waals surface area contributed by atoms with Gasteiger partial charge in [-0.15, -0.1) is 0 Å². The van der Waals surface area contributed by atoms with Crippen LogP contribution in [-0.2, 0) is 22.9 Å². The van der Waals surface area contributed by atoms with Crippen molar-refractivity contribution in [3.8, 4) is 11.5 Å². The lowest BCUT2D eigenvalue weighted by Gasteiger charge is -2.39. The molecule has 55 heavy (non-hydrogen) atoms. The van der Waals surface area contributed by atoms with Crippen LogP contribution in [0.2, 0.25) is 0 Å². The summed E-state index contributed by atoms with van der Waals surface area (Å²) in [4.78, 5) is 39.0. The monoisotopic (exact) mass is 817 g/mol. The lowest BCUT2D eigenvalue weighted by Crippen LogP contribution is -2.57. The fourth-order valence-electron chi connectivity index (χ4n) is 9.27. The Labute approximate surface area is 327 Å². The Morgan fingerprint density at radius 3 is 2.29 bits per heavy atom. The zero-order chi connectivity index (χ0) is 37.6. The molecule has 0 radical (unpaired) electrons. The molecule has 2 aliphatic heterocycles. The molecule has 3 atom stereocenters. The summed E-state index contributed by atoms with van der Waals surface area (Å²) in [6, 6.07) is 25.7. The number of para-hydroxylation sites is 1. The molecule has 13 heteroatoms. The summed E-state index contributed by atoms with van der Waals surface area (Å²) in [7, 11) is -3.94. The molecule has 10 rings (SSSR count). The molecule has 3 aromatic carbocycles. The van der Waals surface area contributed by atoms with Crippen molar-refractivity contribution >= 4 is 59.5 Å². The van der Waals surface area contributed by atoms with Gasteiger partial charge in [-0.1, -0.05) is 34.1 Å². The van der Waals surface area contributed by atoms with Gasteiger partial charge in [-0.3, -0.25) is 14.6 Å². The molecule has 2 aliphatic carbocycles. The molecule has 5 heterocycles. The molecule has 4 fully saturated rings. The Morgan fingerprint density at radius 2 is 1.53 bits per heavy atom. The Balaban J connectivity index is 0.996. The quantitative estimate of drug-likeness (QED) is 0.179. The number of aromatic nitrogens is 4. The van der Waals surface area contributed by atoms with Crippen molar-refractivity contribution in [1.29, 1.82) is 0 Å². The van der Waals surface area contributed by atoms with Crippen LogP contribution in [0.3, 0.4) is 0 Å². The Bertz CT molecular complexity index is 2620. The first-order chi connectivity index (χ1) is 26.6. The van der Waals surface area contributed by atoms with Crippen molar-refractivity contribution < 1.29 is 18.0 Å². The minimum absolute atomic E-state index is 0.00355. The lowest BCUT2D eigenvalue weighted by molar-refractivity contribution is 0.0471. The van der Waals surface area contributed by atoms with E-state index < -0.39 is 20.8 Å². The van der Waals surface area contributed by atoms with Crippen LogP contribution in [0.1, 0.15) is 46.4 Å². The molecule has 280 valence electrons. The lowest BCUT2D eigenvalue weighted by atomic mass is 9.98. The first-order valence-corrected chi connectivity index (χ1v) is 21.3. The molecule has 2 saturated carbocycles. The van der Waals surface area contributed by atoms with Gasteiger partial charge in [0.15, 0.2) is 15.7 Å². The highest BCUT2D eigenvalue weighted by molar-refractivity contribution is 9.10. The smallest absolute Gasteiger partial charge is 0.254 e. The average Bonchev–Trinajstić information content (AvgIpc) is 3.58. The van der Waals surface area contributed by atoms with Gasteiger partial charge in [0, 0.05) is 83.5 Å². The third-order valence-corrected chi connectivity index (χ3v) is 15.3. The van der Waals surface area contributed by atoms with Crippen molar-refractivity contribution in [2.75, 3.05) is 19.6 Å². The number of carbonyl (C=O) groups excluding carboxylic acids is 2. The highest BCUT2D eigenvalue weighted by atomic mass is 79.9. The summed E-state index contributed by atoms with van der Waals surface area (Å²) in [5.74, 6) is 1.08. The van der Waals surface area contributed by atoms with Crippen molar-refractivity contribution in [3.63, 3.8) is 0 Å². The van der Waals surface area contributed by atoms with Crippen LogP contribution in [0.25, 0.3) is 33.5 Å². The summed E-state index contributed by atoms with van der Waals surface area (Å²) in [5.41, 5.74) is 11.8. The Morgan fingerprint density at radius 1 is 0.782 bits per heavy atom. The van der Waals surface area contributed by atoms with Gasteiger partial charge in [0.2, 0.25) is 0 Å². The number of rotatable bonds is 9. The molecule has 2 N–H and O–H groups in total. The molecule has 4 aliphatic rings. The van der Waals surface area contributed by atoms with Gasteiger partial charge in [0.1, 0.15) is 4.87 Å². The maximum atomic E-state index is 14.4. The second-order valence-corrected chi connectivity index (χ2v) is 18.9. The van der Waals surface area contributed by atoms with Crippen LogP contribution in [0, 0.1) is 17.8 Å². The molecule has 0 spiro atoms. The second-order valence-electron chi connectivity index (χ2n) is 15.8. The number of halogens is 1. The molecule has 3 unspecified atom stereocenters. The van der Waals surface area contributed by atoms with Gasteiger partial charge >= 0.3 is 0 Å². The van der Waals surface area contributed by atoms with E-state index in [0.29, 0.717) is 55.0 Å². The van der Waals surface area contributed by atoms with Crippen LogP contribution >= 0.6 is 15.9 Å². The van der Waals surface area contributed by atoms with E-state index in [1.807, 2.05) is 23.1 Å². The molecular weight excluding hydrogens is 778 g/mol. The first kappa shape index (κ1) is 34.6. The van der Waals surface area contributed by atoms with E-state index in [-0.39, 0.29) is 35.1 Å². The standard InChI is InChI=1S/C42H40BrN7O4S/c43-32-9-11-33(12-10-32)55(53,54)42(44)31-8-14-38(42)50(25-31)41(52)30-7-13-36-34(19-30)46-39(37-20-29-3-1-2-4-35(29)48(37)23-26-5-6-26)49(36)24-27-21-47(22-27)40(51)28-15-17-45-18-16-28/h1-4,7,9-13,15-20,26-27,31,38H,5-6,8,14,21-25,44H2. The van der Waals surface area contributed by atoms with Crippen LogP contribution in [0.4, 0.5) is 0 Å². The molecule has 11 nitrogen and oxygen atoms in total. The number of amides is 2. The number of hydrogen-bond donors (Lipinski definition) is 1. The van der Waals surface area contributed by atoms with E-state index in [1.54, 1.807) is 53.7 Å². The molecule has 2 saturated heterocycles. The fourth-order valence-corrected chi connectivity index (χ4v) is 11.7. The number of likely N-dealkylation sites (tertiary alicyclic amines) is 2. The summed E-state index contributed by atoms with van der Waals surface area (Å²) in [6.45, 7) is 3.11. The molecular formula is C42H40BrN7O4S. The van der Waals surface area contributed by atoms with Gasteiger partial charge in [0.05, 0.1) is 27.7 Å². The third-order valence-electron chi connectivity index (χ3n) is 12.4. The number of hydrogen-bond acceptors (Lipinski definition) is 7. The predicted octanol–water partition coefficient (Wildman–Crippen LogP) is 6.36. The minimum atomic E-state index is -3.94. The van der Waals surface area contributed by atoms with E-state index in [2.05, 4.69) is 60.4 Å². The SMILES string of the molecule is NC1(S(=O)(=O)c2ccc(Br)cc2)C2CCC1N(C(=O)c1ccc3c(c1)nc(-c1cc4ccccc4n1CC1CC1)n3CC1CN(C(=O)c3ccncc3)C1)C2. The van der Waals surface area contributed by atoms with Gasteiger partial charge in [-0.2, -0.15) is 0 Å². The van der Waals surface area contributed by atoms with Gasteiger partial charge in [-0.05, 0) is 98.3 Å². The Hall–Kier alpha value is -4.85. The predicted molar refractivity (Wildman–Crippen MR) is 213 cm³/mol. The summed E-state index contributed by atoms with van der Waals surface area (Å²) < 4.78 is 33.6. The van der Waals surface area contributed by atoms with Crippen molar-refractivity contribution in [1.82, 2.24) is 28.9 Å². The minimum Gasteiger partial charge on any atom is -0.338 e.